The number of carbonyl (C=O) groups excluding carboxylic acids is 3. The third-order valence-corrected chi connectivity index (χ3v) is 11.2. The lowest BCUT2D eigenvalue weighted by Gasteiger charge is -2.43. The molecule has 5 aliphatic rings. The molecule has 2 amide bonds. The molecular weight excluding hydrogens is 695 g/mol. The molecule has 1 aromatic carbocycles. The van der Waals surface area contributed by atoms with Crippen molar-refractivity contribution in [2.24, 2.45) is 23.3 Å². The average Bonchev–Trinajstić information content (AvgIpc) is 4.10. The average molecular weight is 750 g/mol. The minimum atomic E-state index is -0.313. The zero-order valence-corrected chi connectivity index (χ0v) is 32.4. The molecule has 0 radical (unpaired) electrons. The van der Waals surface area contributed by atoms with Gasteiger partial charge in [0.1, 0.15) is 17.7 Å². The Morgan fingerprint density at radius 3 is 2.40 bits per heavy atom. The van der Waals surface area contributed by atoms with Crippen molar-refractivity contribution in [3.63, 3.8) is 0 Å². The third-order valence-electron chi connectivity index (χ3n) is 11.2. The Morgan fingerprint density at radius 1 is 1.00 bits per heavy atom. The van der Waals surface area contributed by atoms with Crippen LogP contribution in [0.15, 0.2) is 65.9 Å². The number of nitrogens with one attached hydrogen (secondary N) is 3. The van der Waals surface area contributed by atoms with Crippen molar-refractivity contribution in [3.05, 3.63) is 83.0 Å². The number of likely N-dealkylation sites (tertiary alicyclic amines) is 2. The molecule has 2 saturated carbocycles. The van der Waals surface area contributed by atoms with E-state index in [0.717, 1.165) is 99.2 Å². The van der Waals surface area contributed by atoms with Crippen molar-refractivity contribution in [2.75, 3.05) is 50.5 Å². The Kier molecular flexibility index (Phi) is 11.1. The summed E-state index contributed by atoms with van der Waals surface area (Å²) in [4.78, 5) is 46.9. The van der Waals surface area contributed by atoms with E-state index < -0.39 is 0 Å². The molecule has 55 heavy (non-hydrogen) atoms. The fraction of sp³-hybridized carbons (Fsp3) is 0.488. The van der Waals surface area contributed by atoms with Gasteiger partial charge in [0, 0.05) is 76.0 Å². The fourth-order valence-electron chi connectivity index (χ4n) is 7.67. The van der Waals surface area contributed by atoms with E-state index in [1.165, 1.54) is 5.69 Å². The molecule has 2 unspecified atom stereocenters. The van der Waals surface area contributed by atoms with Gasteiger partial charge < -0.3 is 42.0 Å². The zero-order valence-electron chi connectivity index (χ0n) is 32.4. The van der Waals surface area contributed by atoms with Crippen molar-refractivity contribution >= 4 is 29.5 Å². The smallest absolute Gasteiger partial charge is 0.272 e. The molecule has 7 N–H and O–H groups in total. The lowest BCUT2D eigenvalue weighted by atomic mass is 9.91. The number of nitrogens with zero attached hydrogens (tertiary/aromatic N) is 6. The molecule has 8 rings (SSSR count). The lowest BCUT2D eigenvalue weighted by molar-refractivity contribution is -0.117. The van der Waals surface area contributed by atoms with Crippen LogP contribution in [-0.4, -0.2) is 89.0 Å². The Hall–Kier alpha value is -5.37. The number of anilines is 2. The molecule has 2 aliphatic carbocycles. The first-order chi connectivity index (χ1) is 26.6. The molecule has 3 aliphatic heterocycles. The van der Waals surface area contributed by atoms with Crippen LogP contribution in [0.25, 0.3) is 11.1 Å². The van der Waals surface area contributed by atoms with Crippen LogP contribution in [0.1, 0.15) is 86.3 Å². The number of aldehydes is 1. The fourth-order valence-corrected chi connectivity index (χ4v) is 7.67. The van der Waals surface area contributed by atoms with Gasteiger partial charge in [-0.05, 0) is 62.6 Å². The summed E-state index contributed by atoms with van der Waals surface area (Å²) in [6.07, 6.45) is 10.8. The van der Waals surface area contributed by atoms with Gasteiger partial charge in [-0.25, -0.2) is 4.98 Å². The van der Waals surface area contributed by atoms with Crippen molar-refractivity contribution < 1.29 is 14.4 Å². The lowest BCUT2D eigenvalue weighted by Crippen LogP contribution is -2.48. The van der Waals surface area contributed by atoms with Gasteiger partial charge in [0.2, 0.25) is 0 Å². The van der Waals surface area contributed by atoms with Crippen LogP contribution in [0.4, 0.5) is 11.4 Å². The van der Waals surface area contributed by atoms with Crippen molar-refractivity contribution in [3.8, 4) is 11.1 Å². The van der Waals surface area contributed by atoms with Crippen molar-refractivity contribution in [1.29, 1.82) is 0 Å². The summed E-state index contributed by atoms with van der Waals surface area (Å²) in [5.74, 6) is 1.09. The molecule has 14 nitrogen and oxygen atoms in total. The summed E-state index contributed by atoms with van der Waals surface area (Å²) in [6.45, 7) is 8.38. The number of hydrogen-bond donors (Lipinski definition) is 5. The van der Waals surface area contributed by atoms with E-state index in [1.807, 2.05) is 41.4 Å². The largest absolute Gasteiger partial charge is 0.393 e. The summed E-state index contributed by atoms with van der Waals surface area (Å²) in [5.41, 5.74) is 19.7. The summed E-state index contributed by atoms with van der Waals surface area (Å²) < 4.78 is 2.21. The van der Waals surface area contributed by atoms with Crippen LogP contribution in [0.5, 0.6) is 0 Å². The zero-order chi connectivity index (χ0) is 38.8. The highest BCUT2D eigenvalue weighted by Gasteiger charge is 2.38. The molecule has 3 aromatic rings. The second kappa shape index (κ2) is 16.2. The van der Waals surface area contributed by atoms with Crippen LogP contribution >= 0.6 is 0 Å². The van der Waals surface area contributed by atoms with E-state index in [2.05, 4.69) is 57.4 Å². The number of pyridine rings is 1. The van der Waals surface area contributed by atoms with Gasteiger partial charge in [-0.3, -0.25) is 19.2 Å². The predicted octanol–water partition coefficient (Wildman–Crippen LogP) is 3.86. The van der Waals surface area contributed by atoms with Crippen molar-refractivity contribution in [2.45, 2.75) is 77.0 Å². The Morgan fingerprint density at radius 2 is 1.76 bits per heavy atom. The molecule has 0 spiro atoms. The summed E-state index contributed by atoms with van der Waals surface area (Å²) in [7, 11) is 3.83. The molecule has 14 heteroatoms. The molecule has 2 atom stereocenters. The standard InChI is InChI=1S/C37H49N11O2.C4H6O/c1-5-31-35-27(17-41-48(35)25-20-46(21-25)19-24-8-6-11-29(42-24)37(50)47-15-14-22(2)18-47)26-9-7-10-28(34(26)45(31)4)44-30(16-32(38)40-3)33(39)36(49)43-23-12-13-23;5-3-4-1-2-4/h6-11,16-17,22-23,25,31,40,44H,5,12-15,18-21,38-39H2,1-4H3,(H,43,49);3-4H,1-2H2/b32-16+,33-30+;. The number of carbonyl (C=O) groups is 3. The topological polar surface area (TPSA) is 180 Å². The first kappa shape index (κ1) is 37.9. The number of nitrogens with two attached hydrogens (primary N) is 2. The molecule has 5 heterocycles. The maximum absolute atomic E-state index is 13.0. The van der Waals surface area contributed by atoms with E-state index in [0.29, 0.717) is 35.6 Å². The number of amides is 2. The normalized spacial score (nSPS) is 21.3. The van der Waals surface area contributed by atoms with Crippen LogP contribution in [-0.2, 0) is 16.1 Å². The maximum Gasteiger partial charge on any atom is 0.272 e. The first-order valence-corrected chi connectivity index (χ1v) is 19.7. The van der Waals surface area contributed by atoms with E-state index >= 15 is 0 Å². The van der Waals surface area contributed by atoms with E-state index in [4.69, 9.17) is 21.5 Å². The van der Waals surface area contributed by atoms with Gasteiger partial charge in [-0.2, -0.15) is 5.10 Å². The molecule has 2 aromatic heterocycles. The molecular formula is C41H55N11O3. The van der Waals surface area contributed by atoms with Crippen LogP contribution in [0.2, 0.25) is 0 Å². The Balaban J connectivity index is 0.000000862. The quantitative estimate of drug-likeness (QED) is 0.103. The molecule has 292 valence electrons. The van der Waals surface area contributed by atoms with Crippen molar-refractivity contribution in [1.82, 2.24) is 35.2 Å². The highest BCUT2D eigenvalue weighted by atomic mass is 16.2. The SMILES string of the molecule is CCC1c2c(cnn2C2CN(Cc3cccc(C(=O)N4CCC(C)C4)n3)C2)-c2cccc(NC(/C=C(\N)NC)=C(/N)C(=O)NC3CC3)c2N1C.O=CC1CC1. The van der Waals surface area contributed by atoms with E-state index in [1.54, 1.807) is 13.1 Å². The van der Waals surface area contributed by atoms with E-state index in [9.17, 15) is 14.4 Å². The number of aromatic nitrogens is 3. The third kappa shape index (κ3) is 8.34. The van der Waals surface area contributed by atoms with Gasteiger partial charge in [0.05, 0.1) is 52.6 Å². The molecule has 0 bridgehead atoms. The maximum atomic E-state index is 13.0. The van der Waals surface area contributed by atoms with E-state index in [-0.39, 0.29) is 35.6 Å². The number of fused-ring (bicyclic) bond motifs is 3. The number of benzene rings is 1. The monoisotopic (exact) mass is 749 g/mol. The second-order valence-electron chi connectivity index (χ2n) is 15.7. The van der Waals surface area contributed by atoms with Gasteiger partial charge in [0.25, 0.3) is 11.8 Å². The Labute approximate surface area is 323 Å². The highest BCUT2D eigenvalue weighted by Crippen LogP contribution is 2.49. The van der Waals surface area contributed by atoms with Gasteiger partial charge >= 0.3 is 0 Å². The number of para-hydroxylation sites is 1. The number of allylic oxidation sites excluding steroid dienone is 1. The van der Waals surface area contributed by atoms with Gasteiger partial charge in [0.15, 0.2) is 0 Å². The summed E-state index contributed by atoms with van der Waals surface area (Å²) in [5, 5.41) is 14.3. The second-order valence-corrected chi connectivity index (χ2v) is 15.7. The minimum Gasteiger partial charge on any atom is -0.393 e. The Bertz CT molecular complexity index is 1970. The van der Waals surface area contributed by atoms with Gasteiger partial charge in [-0.15, -0.1) is 0 Å². The number of rotatable bonds is 12. The predicted molar refractivity (Wildman–Crippen MR) is 213 cm³/mol. The first-order valence-electron chi connectivity index (χ1n) is 19.7. The van der Waals surface area contributed by atoms with Gasteiger partial charge in [-0.1, -0.05) is 32.0 Å². The molecule has 4 fully saturated rings. The van der Waals surface area contributed by atoms with Crippen LogP contribution < -0.4 is 32.3 Å². The summed E-state index contributed by atoms with van der Waals surface area (Å²) >= 11 is 0. The summed E-state index contributed by atoms with van der Waals surface area (Å²) in [6, 6.07) is 12.4. The minimum absolute atomic E-state index is 0.0302. The van der Waals surface area contributed by atoms with Crippen LogP contribution in [0.3, 0.4) is 0 Å². The number of hydrogen-bond acceptors (Lipinski definition) is 11. The molecule has 2 saturated heterocycles. The van der Waals surface area contributed by atoms with Crippen LogP contribution in [0, 0.1) is 11.8 Å². The highest BCUT2D eigenvalue weighted by molar-refractivity contribution is 5.96.